The predicted molar refractivity (Wildman–Crippen MR) is 230 cm³/mol. The number of aliphatic hydroxyl groups is 2. The van der Waals surface area contributed by atoms with Crippen LogP contribution in [0.4, 0.5) is 4.79 Å². The van der Waals surface area contributed by atoms with Crippen molar-refractivity contribution in [1.82, 2.24) is 10.2 Å². The van der Waals surface area contributed by atoms with Crippen LogP contribution in [0.2, 0.25) is 0 Å². The zero-order valence-electron chi connectivity index (χ0n) is 36.1. The minimum absolute atomic E-state index is 0.0583. The Balaban J connectivity index is 4.38. The molecule has 0 saturated heterocycles. The number of carbonyl (C=O) groups excluding carboxylic acids is 3. The molecular formula is C46H86N2O8. The lowest BCUT2D eigenvalue weighted by atomic mass is 10.1. The molecule has 0 rings (SSSR count). The van der Waals surface area contributed by atoms with Crippen molar-refractivity contribution in [2.45, 2.75) is 200 Å². The molecule has 3 N–H and O–H groups in total. The quantitative estimate of drug-likeness (QED) is 0.0239. The van der Waals surface area contributed by atoms with Gasteiger partial charge in [-0.25, -0.2) is 4.79 Å². The molecule has 0 spiro atoms. The molecule has 0 heterocycles. The van der Waals surface area contributed by atoms with Gasteiger partial charge in [0.05, 0.1) is 13.2 Å². The largest absolute Gasteiger partial charge is 0.462 e. The summed E-state index contributed by atoms with van der Waals surface area (Å²) < 4.78 is 16.4. The zero-order chi connectivity index (χ0) is 41.0. The van der Waals surface area contributed by atoms with E-state index in [1.54, 1.807) is 0 Å². The number of amides is 1. The number of esters is 2. The summed E-state index contributed by atoms with van der Waals surface area (Å²) in [4.78, 5) is 39.4. The summed E-state index contributed by atoms with van der Waals surface area (Å²) in [5.74, 6) is -0.722. The van der Waals surface area contributed by atoms with Gasteiger partial charge in [-0.2, -0.15) is 0 Å². The minimum Gasteiger partial charge on any atom is -0.462 e. The maximum atomic E-state index is 12.6. The Hall–Kier alpha value is -2.43. The monoisotopic (exact) mass is 795 g/mol. The molecule has 0 bridgehead atoms. The number of carbonyl (C=O) groups is 3. The fourth-order valence-electron chi connectivity index (χ4n) is 6.44. The van der Waals surface area contributed by atoms with E-state index in [0.29, 0.717) is 19.6 Å². The highest BCUT2D eigenvalue weighted by Gasteiger charge is 2.20. The van der Waals surface area contributed by atoms with Gasteiger partial charge in [-0.05, 0) is 64.2 Å². The van der Waals surface area contributed by atoms with Crippen LogP contribution in [-0.4, -0.2) is 91.9 Å². The number of hydrogen-bond acceptors (Lipinski definition) is 9. The lowest BCUT2D eigenvalue weighted by Gasteiger charge is -2.21. The van der Waals surface area contributed by atoms with Crippen molar-refractivity contribution in [2.24, 2.45) is 0 Å². The summed E-state index contributed by atoms with van der Waals surface area (Å²) in [7, 11) is 0. The second-order valence-electron chi connectivity index (χ2n) is 15.3. The Morgan fingerprint density at radius 2 is 0.875 bits per heavy atom. The topological polar surface area (TPSA) is 135 Å². The van der Waals surface area contributed by atoms with Gasteiger partial charge in [-0.1, -0.05) is 141 Å². The number of ether oxygens (including phenoxy) is 3. The van der Waals surface area contributed by atoms with Crippen LogP contribution in [0.15, 0.2) is 24.3 Å². The lowest BCUT2D eigenvalue weighted by Crippen LogP contribution is -2.40. The molecule has 0 saturated carbocycles. The van der Waals surface area contributed by atoms with E-state index in [2.05, 4.69) is 43.5 Å². The third-order valence-electron chi connectivity index (χ3n) is 9.95. The van der Waals surface area contributed by atoms with E-state index in [4.69, 9.17) is 14.2 Å². The molecule has 0 atom stereocenters. The fraction of sp³-hybridized carbons (Fsp3) is 0.848. The number of rotatable bonds is 42. The van der Waals surface area contributed by atoms with Crippen molar-refractivity contribution in [3.05, 3.63) is 24.3 Å². The summed E-state index contributed by atoms with van der Waals surface area (Å²) in [6.07, 6.45) is 38.9. The molecule has 0 aromatic heterocycles. The van der Waals surface area contributed by atoms with E-state index in [-0.39, 0.29) is 57.8 Å². The standard InChI is InChI=1S/C46H86N2O8/c1-3-5-7-9-11-13-15-17-19-21-23-25-27-29-31-33-44(51)54-41-43(56-46(53)47-35-36-48(37-39-49)38-40-50)42-55-45(52)34-32-30-28-26-24-22-20-18-16-14-12-10-8-6-4-2/h17-20,43,49-50H,3-16,21-42H2,1-2H3,(H,47,53)/b19-17-,20-18-. The van der Waals surface area contributed by atoms with Crippen LogP contribution in [-0.2, 0) is 23.8 Å². The Morgan fingerprint density at radius 3 is 1.25 bits per heavy atom. The Bertz CT molecular complexity index is 882. The Kier molecular flexibility index (Phi) is 41.8. The van der Waals surface area contributed by atoms with Crippen LogP contribution in [0, 0.1) is 0 Å². The van der Waals surface area contributed by atoms with E-state index < -0.39 is 12.2 Å². The van der Waals surface area contributed by atoms with Gasteiger partial charge in [0.2, 0.25) is 0 Å². The molecular weight excluding hydrogens is 709 g/mol. The van der Waals surface area contributed by atoms with Crippen molar-refractivity contribution in [3.63, 3.8) is 0 Å². The molecule has 10 heteroatoms. The first kappa shape index (κ1) is 53.6. The summed E-state index contributed by atoms with van der Waals surface area (Å²) in [6.45, 7) is 5.39. The predicted octanol–water partition coefficient (Wildman–Crippen LogP) is 10.5. The number of alkyl carbamates (subject to hydrolysis) is 1. The van der Waals surface area contributed by atoms with Gasteiger partial charge in [-0.15, -0.1) is 0 Å². The average molecular weight is 795 g/mol. The van der Waals surface area contributed by atoms with Crippen LogP contribution in [0.5, 0.6) is 0 Å². The average Bonchev–Trinajstić information content (AvgIpc) is 3.19. The van der Waals surface area contributed by atoms with Crippen LogP contribution in [0.3, 0.4) is 0 Å². The molecule has 1 amide bonds. The van der Waals surface area contributed by atoms with Crippen molar-refractivity contribution < 1.29 is 38.8 Å². The maximum absolute atomic E-state index is 12.6. The second kappa shape index (κ2) is 43.7. The van der Waals surface area contributed by atoms with Crippen LogP contribution >= 0.6 is 0 Å². The third-order valence-corrected chi connectivity index (χ3v) is 9.95. The van der Waals surface area contributed by atoms with Crippen molar-refractivity contribution in [1.29, 1.82) is 0 Å². The Labute approximate surface area is 343 Å². The first-order chi connectivity index (χ1) is 27.5. The number of allylic oxidation sites excluding steroid dienone is 4. The molecule has 0 aliphatic rings. The van der Waals surface area contributed by atoms with Gasteiger partial charge < -0.3 is 29.7 Å². The van der Waals surface area contributed by atoms with E-state index in [1.165, 1.54) is 89.9 Å². The highest BCUT2D eigenvalue weighted by molar-refractivity contribution is 5.70. The molecule has 0 aromatic carbocycles. The van der Waals surface area contributed by atoms with Crippen molar-refractivity contribution in [3.8, 4) is 0 Å². The summed E-state index contributed by atoms with van der Waals surface area (Å²) in [6, 6.07) is 0. The highest BCUT2D eigenvalue weighted by atomic mass is 16.6. The molecule has 0 radical (unpaired) electrons. The van der Waals surface area contributed by atoms with E-state index in [0.717, 1.165) is 77.0 Å². The molecule has 0 aliphatic heterocycles. The molecule has 10 nitrogen and oxygen atoms in total. The first-order valence-electron chi connectivity index (χ1n) is 23.0. The maximum Gasteiger partial charge on any atom is 0.407 e. The van der Waals surface area contributed by atoms with Crippen LogP contribution in [0.25, 0.3) is 0 Å². The van der Waals surface area contributed by atoms with Gasteiger partial charge in [0, 0.05) is 39.0 Å². The molecule has 0 aliphatic carbocycles. The number of nitrogens with one attached hydrogen (secondary N) is 1. The number of aliphatic hydroxyl groups excluding tert-OH is 2. The van der Waals surface area contributed by atoms with Gasteiger partial charge in [-0.3, -0.25) is 14.5 Å². The minimum atomic E-state index is -0.933. The SMILES string of the molecule is CCCCCCCC/C=C\CCCCCCCC(=O)OCC(COC(=O)CCCCCCC/C=C\CCCCCCCC)OC(=O)NCCN(CCO)CCO. The second-order valence-corrected chi connectivity index (χ2v) is 15.3. The zero-order valence-corrected chi connectivity index (χ0v) is 36.1. The number of hydrogen-bond donors (Lipinski definition) is 3. The van der Waals surface area contributed by atoms with E-state index in [9.17, 15) is 24.6 Å². The summed E-state index contributed by atoms with van der Waals surface area (Å²) >= 11 is 0. The molecule has 56 heavy (non-hydrogen) atoms. The lowest BCUT2D eigenvalue weighted by molar-refractivity contribution is -0.152. The van der Waals surface area contributed by atoms with Gasteiger partial charge in [0.15, 0.2) is 6.10 Å². The highest BCUT2D eigenvalue weighted by Crippen LogP contribution is 2.13. The van der Waals surface area contributed by atoms with E-state index >= 15 is 0 Å². The molecule has 328 valence electrons. The normalized spacial score (nSPS) is 11.7. The van der Waals surface area contributed by atoms with Crippen molar-refractivity contribution >= 4 is 18.0 Å². The molecule has 0 fully saturated rings. The molecule has 0 aromatic rings. The van der Waals surface area contributed by atoms with Crippen molar-refractivity contribution in [2.75, 3.05) is 52.6 Å². The third kappa shape index (κ3) is 39.8. The smallest absolute Gasteiger partial charge is 0.407 e. The number of nitrogens with zero attached hydrogens (tertiary/aromatic N) is 1. The number of unbranched alkanes of at least 4 members (excludes halogenated alkanes) is 22. The Morgan fingerprint density at radius 1 is 0.518 bits per heavy atom. The molecule has 0 unspecified atom stereocenters. The van der Waals surface area contributed by atoms with Crippen LogP contribution in [0.1, 0.15) is 194 Å². The van der Waals surface area contributed by atoms with E-state index in [1.807, 2.05) is 4.90 Å². The fourth-order valence-corrected chi connectivity index (χ4v) is 6.44. The first-order valence-corrected chi connectivity index (χ1v) is 23.0. The van der Waals surface area contributed by atoms with Gasteiger partial charge >= 0.3 is 18.0 Å². The summed E-state index contributed by atoms with van der Waals surface area (Å²) in [5, 5.41) is 21.1. The van der Waals surface area contributed by atoms with Crippen LogP contribution < -0.4 is 5.32 Å². The van der Waals surface area contributed by atoms with Gasteiger partial charge in [0.25, 0.3) is 0 Å². The van der Waals surface area contributed by atoms with Gasteiger partial charge in [0.1, 0.15) is 13.2 Å². The summed E-state index contributed by atoms with van der Waals surface area (Å²) in [5.41, 5.74) is 0.